The number of rotatable bonds is 5. The maximum atomic E-state index is 13.5. The van der Waals surface area contributed by atoms with E-state index in [0.717, 1.165) is 23.1 Å². The van der Waals surface area contributed by atoms with E-state index in [1.165, 1.54) is 5.56 Å². The van der Waals surface area contributed by atoms with E-state index in [1.54, 1.807) is 4.90 Å². The normalized spacial score (nSPS) is 18.4. The number of furan rings is 2. The summed E-state index contributed by atoms with van der Waals surface area (Å²) in [5.74, 6) is 1.41. The van der Waals surface area contributed by atoms with Crippen LogP contribution in [-0.2, 0) is 22.8 Å². The van der Waals surface area contributed by atoms with Gasteiger partial charge in [0.1, 0.15) is 17.1 Å². The van der Waals surface area contributed by atoms with Crippen LogP contribution < -0.4 is 0 Å². The van der Waals surface area contributed by atoms with E-state index in [2.05, 4.69) is 6.92 Å². The van der Waals surface area contributed by atoms with E-state index in [-0.39, 0.29) is 29.7 Å². The summed E-state index contributed by atoms with van der Waals surface area (Å²) in [5.41, 5.74) is 2.61. The predicted molar refractivity (Wildman–Crippen MR) is 111 cm³/mol. The van der Waals surface area contributed by atoms with Crippen LogP contribution in [0.5, 0.6) is 0 Å². The number of carbonyl (C=O) groups excluding carboxylic acids is 1. The molecule has 3 aromatic rings. The summed E-state index contributed by atoms with van der Waals surface area (Å²) >= 11 is 0. The fourth-order valence-electron chi connectivity index (χ4n) is 3.95. The Morgan fingerprint density at radius 2 is 1.97 bits per heavy atom. The van der Waals surface area contributed by atoms with Crippen LogP contribution in [0.4, 0.5) is 0 Å². The van der Waals surface area contributed by atoms with Crippen molar-refractivity contribution in [2.45, 2.75) is 46.2 Å². The van der Waals surface area contributed by atoms with E-state index < -0.39 is 15.9 Å². The zero-order valence-corrected chi connectivity index (χ0v) is 17.7. The molecule has 6 nitrogen and oxygen atoms in total. The molecule has 3 heterocycles. The summed E-state index contributed by atoms with van der Waals surface area (Å²) in [6.45, 7) is 6.00. The highest BCUT2D eigenvalue weighted by Gasteiger charge is 2.37. The fourth-order valence-corrected chi connectivity index (χ4v) is 5.68. The van der Waals surface area contributed by atoms with Crippen molar-refractivity contribution in [1.29, 1.82) is 0 Å². The Morgan fingerprint density at radius 3 is 2.59 bits per heavy atom. The van der Waals surface area contributed by atoms with Crippen molar-refractivity contribution >= 4 is 26.7 Å². The van der Waals surface area contributed by atoms with Gasteiger partial charge in [-0.25, -0.2) is 8.42 Å². The van der Waals surface area contributed by atoms with Crippen molar-refractivity contribution in [3.8, 4) is 0 Å². The highest BCUT2D eigenvalue weighted by Crippen LogP contribution is 2.30. The van der Waals surface area contributed by atoms with Gasteiger partial charge >= 0.3 is 0 Å². The largest absolute Gasteiger partial charge is 0.464 e. The molecule has 1 fully saturated rings. The van der Waals surface area contributed by atoms with E-state index in [4.69, 9.17) is 8.83 Å². The topological polar surface area (TPSA) is 80.7 Å². The van der Waals surface area contributed by atoms with Crippen LogP contribution in [0, 0.1) is 13.8 Å². The molecule has 0 aliphatic carbocycles. The Hall–Kier alpha value is -2.54. The van der Waals surface area contributed by atoms with Crippen molar-refractivity contribution in [2.24, 2.45) is 0 Å². The molecule has 1 aliphatic rings. The Morgan fingerprint density at radius 1 is 1.17 bits per heavy atom. The molecule has 1 atom stereocenters. The molecule has 7 heteroatoms. The second kappa shape index (κ2) is 7.37. The fraction of sp³-hybridized carbons (Fsp3) is 0.409. The van der Waals surface area contributed by atoms with Crippen LogP contribution in [0.15, 0.2) is 39.2 Å². The summed E-state index contributed by atoms with van der Waals surface area (Å²) in [7, 11) is -3.14. The van der Waals surface area contributed by atoms with E-state index in [1.807, 2.05) is 44.2 Å². The Labute approximate surface area is 170 Å². The Kier molecular flexibility index (Phi) is 5.02. The van der Waals surface area contributed by atoms with Gasteiger partial charge in [-0.3, -0.25) is 4.79 Å². The molecular weight excluding hydrogens is 390 g/mol. The van der Waals surface area contributed by atoms with Crippen molar-refractivity contribution in [3.63, 3.8) is 0 Å². The number of hydrogen-bond acceptors (Lipinski definition) is 5. The lowest BCUT2D eigenvalue weighted by Crippen LogP contribution is -2.40. The first kappa shape index (κ1) is 19.8. The van der Waals surface area contributed by atoms with Crippen LogP contribution in [-0.4, -0.2) is 36.8 Å². The SMILES string of the molecule is CCc1ccc2oc(C(=O)N(Cc3ccc(C)o3)[C@H]3CCS(=O)(=O)C3)c(C)c2c1. The second-order valence-electron chi connectivity index (χ2n) is 7.74. The van der Waals surface area contributed by atoms with Gasteiger partial charge in [-0.15, -0.1) is 0 Å². The molecule has 154 valence electrons. The number of sulfone groups is 1. The minimum atomic E-state index is -3.14. The van der Waals surface area contributed by atoms with Crippen molar-refractivity contribution in [1.82, 2.24) is 4.90 Å². The number of hydrogen-bond donors (Lipinski definition) is 0. The highest BCUT2D eigenvalue weighted by atomic mass is 32.2. The van der Waals surface area contributed by atoms with Crippen LogP contribution in [0.2, 0.25) is 0 Å². The molecule has 29 heavy (non-hydrogen) atoms. The second-order valence-corrected chi connectivity index (χ2v) is 9.97. The maximum absolute atomic E-state index is 13.5. The molecule has 0 N–H and O–H groups in total. The van der Waals surface area contributed by atoms with Crippen LogP contribution in [0.25, 0.3) is 11.0 Å². The third kappa shape index (κ3) is 3.83. The number of nitrogens with zero attached hydrogens (tertiary/aromatic N) is 1. The summed E-state index contributed by atoms with van der Waals surface area (Å²) in [6, 6.07) is 9.19. The van der Waals surface area contributed by atoms with Crippen molar-refractivity contribution < 1.29 is 22.0 Å². The third-order valence-electron chi connectivity index (χ3n) is 5.64. The van der Waals surface area contributed by atoms with E-state index >= 15 is 0 Å². The molecule has 4 rings (SSSR count). The molecule has 0 bridgehead atoms. The summed E-state index contributed by atoms with van der Waals surface area (Å²) in [4.78, 5) is 15.1. The Bertz CT molecular complexity index is 1170. The van der Waals surface area contributed by atoms with Crippen molar-refractivity contribution in [2.75, 3.05) is 11.5 Å². The number of benzene rings is 1. The summed E-state index contributed by atoms with van der Waals surface area (Å²) in [6.07, 6.45) is 1.32. The van der Waals surface area contributed by atoms with Crippen LogP contribution >= 0.6 is 0 Å². The van der Waals surface area contributed by atoms with Gasteiger partial charge in [-0.2, -0.15) is 0 Å². The molecule has 0 unspecified atom stereocenters. The number of aryl methyl sites for hydroxylation is 3. The lowest BCUT2D eigenvalue weighted by molar-refractivity contribution is 0.0634. The summed E-state index contributed by atoms with van der Waals surface area (Å²) in [5, 5.41) is 0.917. The molecule has 1 aromatic carbocycles. The van der Waals surface area contributed by atoms with Gasteiger partial charge in [-0.1, -0.05) is 13.0 Å². The molecule has 2 aromatic heterocycles. The first-order valence-corrected chi connectivity index (χ1v) is 11.7. The van der Waals surface area contributed by atoms with Crippen LogP contribution in [0.1, 0.15) is 46.5 Å². The minimum absolute atomic E-state index is 0.0301. The average Bonchev–Trinajstić information content (AvgIpc) is 3.36. The van der Waals surface area contributed by atoms with Gasteiger partial charge in [0.05, 0.1) is 18.1 Å². The quantitative estimate of drug-likeness (QED) is 0.628. The van der Waals surface area contributed by atoms with Gasteiger partial charge in [0, 0.05) is 17.0 Å². The Balaban J connectivity index is 1.72. The number of fused-ring (bicyclic) bond motifs is 1. The lowest BCUT2D eigenvalue weighted by Gasteiger charge is -2.26. The zero-order valence-electron chi connectivity index (χ0n) is 16.9. The first-order chi connectivity index (χ1) is 13.8. The first-order valence-electron chi connectivity index (χ1n) is 9.86. The van der Waals surface area contributed by atoms with E-state index in [9.17, 15) is 13.2 Å². The zero-order chi connectivity index (χ0) is 20.8. The number of amides is 1. The molecule has 1 saturated heterocycles. The van der Waals surface area contributed by atoms with Crippen LogP contribution in [0.3, 0.4) is 0 Å². The molecule has 1 amide bonds. The smallest absolute Gasteiger partial charge is 0.290 e. The molecule has 0 saturated carbocycles. The molecule has 1 aliphatic heterocycles. The van der Waals surface area contributed by atoms with Gasteiger partial charge in [0.15, 0.2) is 15.6 Å². The van der Waals surface area contributed by atoms with E-state index in [0.29, 0.717) is 17.8 Å². The standard InChI is InChI=1S/C22H25NO5S/c1-4-16-6-8-20-19(11-16)15(3)21(28-20)22(24)23(12-18-7-5-14(2)27-18)17-9-10-29(25,26)13-17/h5-8,11,17H,4,9-10,12-13H2,1-3H3/t17-/m0/s1. The number of carbonyl (C=O) groups is 1. The molecule has 0 spiro atoms. The van der Waals surface area contributed by atoms with Crippen molar-refractivity contribution in [3.05, 3.63) is 58.7 Å². The molecule has 0 radical (unpaired) electrons. The van der Waals surface area contributed by atoms with Gasteiger partial charge in [0.2, 0.25) is 0 Å². The highest BCUT2D eigenvalue weighted by molar-refractivity contribution is 7.91. The van der Waals surface area contributed by atoms with Gasteiger partial charge in [-0.05, 0) is 56.5 Å². The minimum Gasteiger partial charge on any atom is -0.464 e. The monoisotopic (exact) mass is 415 g/mol. The lowest BCUT2D eigenvalue weighted by atomic mass is 10.1. The summed E-state index contributed by atoms with van der Waals surface area (Å²) < 4.78 is 35.7. The van der Waals surface area contributed by atoms with Gasteiger partial charge < -0.3 is 13.7 Å². The molecular formula is C22H25NO5S. The predicted octanol–water partition coefficient (Wildman–Crippen LogP) is 4.03. The van der Waals surface area contributed by atoms with Gasteiger partial charge in [0.25, 0.3) is 5.91 Å². The maximum Gasteiger partial charge on any atom is 0.290 e. The third-order valence-corrected chi connectivity index (χ3v) is 7.39. The average molecular weight is 416 g/mol.